The molecule has 0 aliphatic heterocycles. The maximum absolute atomic E-state index is 9.44. The summed E-state index contributed by atoms with van der Waals surface area (Å²) in [5, 5.41) is 8.50. The number of carbonyl (C=O) groups excluding carboxylic acids is 1. The van der Waals surface area contributed by atoms with Crippen molar-refractivity contribution >= 4 is 18.4 Å². The van der Waals surface area contributed by atoms with Crippen LogP contribution in [-0.2, 0) is 4.79 Å². The number of carbonyl (C=O) groups is 1. The number of aliphatic hydroxyl groups is 1. The minimum atomic E-state index is -0.178. The fourth-order valence-electron chi connectivity index (χ4n) is 0.187. The lowest BCUT2D eigenvalue weighted by molar-refractivity contribution is -0.114. The fourth-order valence-corrected chi connectivity index (χ4v) is 0.561. The lowest BCUT2D eigenvalue weighted by Crippen LogP contribution is -1.98. The largest absolute Gasteiger partial charge is 0.393 e. The molecule has 2 nitrogen and oxygen atoms in total. The maximum atomic E-state index is 9.44. The first-order valence-corrected chi connectivity index (χ1v) is 3.90. The van der Waals surface area contributed by atoms with E-state index in [1.807, 2.05) is 0 Å². The number of aliphatic hydroxyl groups excluding tert-OH is 1. The van der Waals surface area contributed by atoms with E-state index in [4.69, 9.17) is 5.11 Å². The van der Waals surface area contributed by atoms with Gasteiger partial charge in [-0.1, -0.05) is 0 Å². The van der Waals surface area contributed by atoms with Crippen molar-refractivity contribution in [1.29, 1.82) is 0 Å². The average molecular weight is 164 g/mol. The molecule has 0 amide bonds. The van der Waals surface area contributed by atoms with Crippen LogP contribution >= 0.6 is 12.6 Å². The van der Waals surface area contributed by atoms with Crippen LogP contribution < -0.4 is 0 Å². The second-order valence-electron chi connectivity index (χ2n) is 2.27. The minimum Gasteiger partial charge on any atom is -0.393 e. The minimum absolute atomic E-state index is 0.167. The predicted octanol–water partition coefficient (Wildman–Crippen LogP) is 1.28. The van der Waals surface area contributed by atoms with E-state index in [2.05, 4.69) is 12.6 Å². The summed E-state index contributed by atoms with van der Waals surface area (Å²) in [5.41, 5.74) is 0. The molecule has 0 saturated heterocycles. The van der Waals surface area contributed by atoms with Crippen molar-refractivity contribution in [3.63, 3.8) is 0 Å². The van der Waals surface area contributed by atoms with Crippen LogP contribution in [0.2, 0.25) is 0 Å². The SMILES string of the molecule is CC(C)=O.CC(O)CCS. The third-order valence-corrected chi connectivity index (χ3v) is 0.805. The lowest BCUT2D eigenvalue weighted by Gasteiger charge is -1.95. The van der Waals surface area contributed by atoms with Gasteiger partial charge in [0, 0.05) is 0 Å². The lowest BCUT2D eigenvalue weighted by atomic mass is 10.3. The Morgan fingerprint density at radius 2 is 1.90 bits per heavy atom. The van der Waals surface area contributed by atoms with Crippen LogP contribution in [0.15, 0.2) is 0 Å². The van der Waals surface area contributed by atoms with Gasteiger partial charge >= 0.3 is 0 Å². The van der Waals surface area contributed by atoms with E-state index in [0.29, 0.717) is 0 Å². The van der Waals surface area contributed by atoms with Gasteiger partial charge in [0.05, 0.1) is 6.10 Å². The van der Waals surface area contributed by atoms with Gasteiger partial charge in [-0.05, 0) is 32.9 Å². The Morgan fingerprint density at radius 1 is 1.60 bits per heavy atom. The van der Waals surface area contributed by atoms with Crippen LogP contribution in [0.25, 0.3) is 0 Å². The van der Waals surface area contributed by atoms with Gasteiger partial charge in [0.2, 0.25) is 0 Å². The number of hydrogen-bond acceptors (Lipinski definition) is 3. The number of Topliss-reactive ketones (excluding diaryl/α,β-unsaturated/α-hetero) is 1. The molecule has 0 aliphatic rings. The first-order chi connectivity index (χ1) is 4.50. The van der Waals surface area contributed by atoms with Crippen LogP contribution in [-0.4, -0.2) is 22.7 Å². The normalized spacial score (nSPS) is 11.3. The molecule has 0 spiro atoms. The van der Waals surface area contributed by atoms with Crippen LogP contribution in [0.3, 0.4) is 0 Å². The van der Waals surface area contributed by atoms with Crippen molar-refractivity contribution in [2.45, 2.75) is 33.3 Å². The highest BCUT2D eigenvalue weighted by atomic mass is 32.1. The first-order valence-electron chi connectivity index (χ1n) is 3.26. The molecule has 0 aromatic rings. The standard InChI is InChI=1S/C4H10OS.C3H6O/c1-4(5)2-3-6;1-3(2)4/h4-6H,2-3H2,1H3;1-2H3. The molecule has 0 radical (unpaired) electrons. The van der Waals surface area contributed by atoms with E-state index in [0.717, 1.165) is 12.2 Å². The van der Waals surface area contributed by atoms with E-state index in [1.54, 1.807) is 6.92 Å². The fraction of sp³-hybridized carbons (Fsp3) is 0.857. The first kappa shape index (κ1) is 12.6. The Hall–Kier alpha value is -0.0200. The van der Waals surface area contributed by atoms with E-state index >= 15 is 0 Å². The molecule has 1 unspecified atom stereocenters. The quantitative estimate of drug-likeness (QED) is 0.603. The Labute approximate surface area is 68.0 Å². The molecule has 62 valence electrons. The summed E-state index contributed by atoms with van der Waals surface area (Å²) in [6, 6.07) is 0. The summed E-state index contributed by atoms with van der Waals surface area (Å²) in [4.78, 5) is 9.44. The number of rotatable bonds is 2. The van der Waals surface area contributed by atoms with Crippen molar-refractivity contribution in [3.05, 3.63) is 0 Å². The zero-order valence-corrected chi connectivity index (χ0v) is 7.69. The Morgan fingerprint density at radius 3 is 1.90 bits per heavy atom. The molecule has 0 aromatic carbocycles. The molecule has 0 aliphatic carbocycles. The molecule has 0 saturated carbocycles. The highest BCUT2D eigenvalue weighted by Crippen LogP contribution is 1.88. The van der Waals surface area contributed by atoms with Gasteiger partial charge in [-0.3, -0.25) is 0 Å². The van der Waals surface area contributed by atoms with Gasteiger partial charge < -0.3 is 9.90 Å². The summed E-state index contributed by atoms with van der Waals surface area (Å²) in [7, 11) is 0. The molecule has 0 bridgehead atoms. The molecular formula is C7H16O2S. The van der Waals surface area contributed by atoms with Gasteiger partial charge in [-0.2, -0.15) is 12.6 Å². The van der Waals surface area contributed by atoms with Crippen LogP contribution in [0, 0.1) is 0 Å². The second-order valence-corrected chi connectivity index (χ2v) is 2.72. The van der Waals surface area contributed by atoms with E-state index < -0.39 is 0 Å². The van der Waals surface area contributed by atoms with Gasteiger partial charge in [-0.15, -0.1) is 0 Å². The Bertz CT molecular complexity index is 77.7. The molecular weight excluding hydrogens is 148 g/mol. The smallest absolute Gasteiger partial charge is 0.126 e. The summed E-state index contributed by atoms with van der Waals surface area (Å²) in [6.07, 6.45) is 0.617. The van der Waals surface area contributed by atoms with Crippen molar-refractivity contribution in [1.82, 2.24) is 0 Å². The topological polar surface area (TPSA) is 37.3 Å². The summed E-state index contributed by atoms with van der Waals surface area (Å²) in [5.74, 6) is 0.942. The van der Waals surface area contributed by atoms with Crippen molar-refractivity contribution < 1.29 is 9.90 Å². The van der Waals surface area contributed by atoms with E-state index in [-0.39, 0.29) is 11.9 Å². The highest BCUT2D eigenvalue weighted by Gasteiger charge is 1.87. The average Bonchev–Trinajstić information content (AvgIpc) is 1.62. The monoisotopic (exact) mass is 164 g/mol. The van der Waals surface area contributed by atoms with Gasteiger partial charge in [-0.25, -0.2) is 0 Å². The number of hydrogen-bond donors (Lipinski definition) is 2. The third kappa shape index (κ3) is 43.8. The maximum Gasteiger partial charge on any atom is 0.126 e. The molecule has 1 N–H and O–H groups in total. The van der Waals surface area contributed by atoms with Crippen molar-refractivity contribution in [3.8, 4) is 0 Å². The molecule has 0 heterocycles. The Kier molecular flexibility index (Phi) is 11.3. The van der Waals surface area contributed by atoms with E-state index in [9.17, 15) is 4.79 Å². The summed E-state index contributed by atoms with van der Waals surface area (Å²) >= 11 is 3.90. The van der Waals surface area contributed by atoms with E-state index in [1.165, 1.54) is 13.8 Å². The molecule has 0 rings (SSSR count). The van der Waals surface area contributed by atoms with Crippen molar-refractivity contribution in [2.75, 3.05) is 5.75 Å². The summed E-state index contributed by atoms with van der Waals surface area (Å²) in [6.45, 7) is 4.82. The molecule has 10 heavy (non-hydrogen) atoms. The van der Waals surface area contributed by atoms with Crippen LogP contribution in [0.4, 0.5) is 0 Å². The zero-order chi connectivity index (χ0) is 8.57. The van der Waals surface area contributed by atoms with Crippen molar-refractivity contribution in [2.24, 2.45) is 0 Å². The van der Waals surface area contributed by atoms with Crippen LogP contribution in [0.1, 0.15) is 27.2 Å². The zero-order valence-electron chi connectivity index (χ0n) is 6.79. The Balaban J connectivity index is 0. The highest BCUT2D eigenvalue weighted by molar-refractivity contribution is 7.80. The van der Waals surface area contributed by atoms with Crippen LogP contribution in [0.5, 0.6) is 0 Å². The van der Waals surface area contributed by atoms with Gasteiger partial charge in [0.1, 0.15) is 5.78 Å². The molecule has 0 aromatic heterocycles. The number of ketones is 1. The molecule has 0 fully saturated rings. The van der Waals surface area contributed by atoms with Gasteiger partial charge in [0.15, 0.2) is 0 Å². The summed E-state index contributed by atoms with van der Waals surface area (Å²) < 4.78 is 0. The third-order valence-electron chi connectivity index (χ3n) is 0.547. The second kappa shape index (κ2) is 8.98. The molecule has 1 atom stereocenters. The number of thiol groups is 1. The van der Waals surface area contributed by atoms with Gasteiger partial charge in [0.25, 0.3) is 0 Å². The molecule has 3 heteroatoms. The predicted molar refractivity (Wildman–Crippen MR) is 46.5 cm³/mol.